The maximum atomic E-state index is 8.78. The van der Waals surface area contributed by atoms with Crippen molar-refractivity contribution in [3.05, 3.63) is 17.6 Å². The van der Waals surface area contributed by atoms with E-state index in [1.807, 2.05) is 6.07 Å². The highest BCUT2D eigenvalue weighted by molar-refractivity contribution is 5.46. The summed E-state index contributed by atoms with van der Waals surface area (Å²) in [4.78, 5) is 8.36. The van der Waals surface area contributed by atoms with Gasteiger partial charge in [0.25, 0.3) is 0 Å². The molecule has 2 rings (SSSR count). The predicted octanol–water partition coefficient (Wildman–Crippen LogP) is 0.583. The second-order valence-corrected chi connectivity index (χ2v) is 3.92. The predicted molar refractivity (Wildman–Crippen MR) is 59.9 cm³/mol. The highest BCUT2D eigenvalue weighted by Gasteiger charge is 2.37. The third kappa shape index (κ3) is 2.07. The number of ether oxygens (including phenoxy) is 2. The first-order valence-electron chi connectivity index (χ1n) is 5.38. The van der Waals surface area contributed by atoms with Gasteiger partial charge in [-0.1, -0.05) is 0 Å². The van der Waals surface area contributed by atoms with Crippen LogP contribution in [0, 0.1) is 11.3 Å². The second kappa shape index (κ2) is 4.65. The molecule has 0 atom stereocenters. The van der Waals surface area contributed by atoms with E-state index in [1.165, 1.54) is 6.20 Å². The fourth-order valence-corrected chi connectivity index (χ4v) is 1.92. The molecule has 1 aromatic rings. The molecule has 2 heterocycles. The number of nitrogen functional groups attached to an aromatic ring is 1. The average molecular weight is 234 g/mol. The van der Waals surface area contributed by atoms with E-state index in [9.17, 15) is 0 Å². The van der Waals surface area contributed by atoms with Crippen molar-refractivity contribution in [3.63, 3.8) is 0 Å². The maximum Gasteiger partial charge on any atom is 0.162 e. The van der Waals surface area contributed by atoms with Crippen LogP contribution >= 0.6 is 0 Å². The van der Waals surface area contributed by atoms with Crippen molar-refractivity contribution in [3.8, 4) is 6.07 Å². The normalized spacial score (nSPS) is 18.6. The van der Waals surface area contributed by atoms with Crippen LogP contribution < -0.4 is 5.73 Å². The molecule has 6 nitrogen and oxygen atoms in total. The summed E-state index contributed by atoms with van der Waals surface area (Å²) in [5, 5.41) is 8.78. The first-order valence-corrected chi connectivity index (χ1v) is 5.38. The molecular formula is C11H14N4O2. The number of methoxy groups -OCH3 is 1. The summed E-state index contributed by atoms with van der Waals surface area (Å²) in [6.07, 6.45) is 2.82. The third-order valence-corrected chi connectivity index (χ3v) is 3.04. The van der Waals surface area contributed by atoms with E-state index in [4.69, 9.17) is 20.5 Å². The molecule has 0 unspecified atom stereocenters. The number of nitriles is 1. The number of aromatic nitrogens is 2. The van der Waals surface area contributed by atoms with Gasteiger partial charge in [0.05, 0.1) is 6.20 Å². The van der Waals surface area contributed by atoms with Crippen molar-refractivity contribution < 1.29 is 9.47 Å². The van der Waals surface area contributed by atoms with Crippen LogP contribution in [-0.2, 0) is 15.1 Å². The van der Waals surface area contributed by atoms with E-state index < -0.39 is 5.60 Å². The quantitative estimate of drug-likeness (QED) is 0.804. The van der Waals surface area contributed by atoms with E-state index in [0.29, 0.717) is 31.9 Å². The average Bonchev–Trinajstić information content (AvgIpc) is 2.39. The molecule has 0 saturated carbocycles. The smallest absolute Gasteiger partial charge is 0.162 e. The lowest BCUT2D eigenvalue weighted by molar-refractivity contribution is -0.0999. The molecule has 1 fully saturated rings. The van der Waals surface area contributed by atoms with Gasteiger partial charge in [-0.15, -0.1) is 0 Å². The zero-order chi connectivity index (χ0) is 12.3. The van der Waals surface area contributed by atoms with Crippen LogP contribution in [0.3, 0.4) is 0 Å². The Bertz CT molecular complexity index is 449. The Morgan fingerprint density at radius 1 is 1.53 bits per heavy atom. The lowest BCUT2D eigenvalue weighted by Crippen LogP contribution is -2.37. The van der Waals surface area contributed by atoms with Gasteiger partial charge in [0.1, 0.15) is 23.1 Å². The number of hydrogen-bond donors (Lipinski definition) is 1. The maximum absolute atomic E-state index is 8.78. The lowest BCUT2D eigenvalue weighted by atomic mass is 9.93. The van der Waals surface area contributed by atoms with Crippen LogP contribution in [0.15, 0.2) is 6.20 Å². The Balaban J connectivity index is 2.37. The van der Waals surface area contributed by atoms with Crippen LogP contribution in [0.2, 0.25) is 0 Å². The van der Waals surface area contributed by atoms with Crippen molar-refractivity contribution in [2.75, 3.05) is 26.1 Å². The molecule has 6 heteroatoms. The molecule has 0 bridgehead atoms. The Kier molecular flexibility index (Phi) is 3.22. The molecule has 1 saturated heterocycles. The van der Waals surface area contributed by atoms with Crippen LogP contribution in [0.4, 0.5) is 5.82 Å². The number of anilines is 1. The van der Waals surface area contributed by atoms with Crippen LogP contribution in [-0.4, -0.2) is 30.3 Å². The van der Waals surface area contributed by atoms with E-state index in [0.717, 1.165) is 0 Å². The van der Waals surface area contributed by atoms with Gasteiger partial charge in [0, 0.05) is 33.2 Å². The molecule has 17 heavy (non-hydrogen) atoms. The minimum atomic E-state index is -0.541. The first kappa shape index (κ1) is 11.8. The summed E-state index contributed by atoms with van der Waals surface area (Å²) in [5.41, 5.74) is 5.43. The topological polar surface area (TPSA) is 94.0 Å². The van der Waals surface area contributed by atoms with Crippen molar-refractivity contribution in [1.82, 2.24) is 9.97 Å². The van der Waals surface area contributed by atoms with Gasteiger partial charge < -0.3 is 15.2 Å². The molecule has 0 aliphatic carbocycles. The summed E-state index contributed by atoms with van der Waals surface area (Å²) in [6, 6.07) is 1.94. The minimum absolute atomic E-state index is 0.195. The fourth-order valence-electron chi connectivity index (χ4n) is 1.92. The molecule has 1 aromatic heterocycles. The Morgan fingerprint density at radius 3 is 2.76 bits per heavy atom. The number of nitrogens with two attached hydrogens (primary N) is 1. The van der Waals surface area contributed by atoms with Gasteiger partial charge in [-0.25, -0.2) is 9.97 Å². The zero-order valence-corrected chi connectivity index (χ0v) is 9.64. The zero-order valence-electron chi connectivity index (χ0n) is 9.64. The van der Waals surface area contributed by atoms with Gasteiger partial charge in [-0.05, 0) is 0 Å². The van der Waals surface area contributed by atoms with Gasteiger partial charge >= 0.3 is 0 Å². The number of rotatable bonds is 2. The van der Waals surface area contributed by atoms with Crippen molar-refractivity contribution in [2.24, 2.45) is 0 Å². The standard InChI is InChI=1S/C11H14N4O2/c1-16-11(2-4-17-5-3-11)10-14-7-8(6-12)9(13)15-10/h7H,2-5H2,1H3,(H2,13,14,15). The Morgan fingerprint density at radius 2 is 2.24 bits per heavy atom. The van der Waals surface area contributed by atoms with E-state index in [1.54, 1.807) is 7.11 Å². The Labute approximate surface area is 99.4 Å². The fraction of sp³-hybridized carbons (Fsp3) is 0.545. The van der Waals surface area contributed by atoms with Gasteiger partial charge in [-0.3, -0.25) is 0 Å². The summed E-state index contributed by atoms with van der Waals surface area (Å²) in [6.45, 7) is 1.22. The number of hydrogen-bond acceptors (Lipinski definition) is 6. The number of nitrogens with zero attached hydrogens (tertiary/aromatic N) is 3. The molecule has 0 aromatic carbocycles. The molecule has 1 aliphatic rings. The van der Waals surface area contributed by atoms with Crippen LogP contribution in [0.25, 0.3) is 0 Å². The van der Waals surface area contributed by atoms with Crippen molar-refractivity contribution >= 4 is 5.82 Å². The monoisotopic (exact) mass is 234 g/mol. The van der Waals surface area contributed by atoms with Crippen LogP contribution in [0.1, 0.15) is 24.2 Å². The van der Waals surface area contributed by atoms with Crippen molar-refractivity contribution in [2.45, 2.75) is 18.4 Å². The third-order valence-electron chi connectivity index (χ3n) is 3.04. The molecule has 1 aliphatic heterocycles. The SMILES string of the molecule is COC1(c2ncc(C#N)c(N)n2)CCOCC1. The lowest BCUT2D eigenvalue weighted by Gasteiger charge is -2.34. The minimum Gasteiger partial charge on any atom is -0.382 e. The molecular weight excluding hydrogens is 220 g/mol. The van der Waals surface area contributed by atoms with Gasteiger partial charge in [-0.2, -0.15) is 5.26 Å². The largest absolute Gasteiger partial charge is 0.382 e. The van der Waals surface area contributed by atoms with Crippen molar-refractivity contribution in [1.29, 1.82) is 5.26 Å². The molecule has 0 amide bonds. The molecule has 2 N–H and O–H groups in total. The van der Waals surface area contributed by atoms with E-state index in [2.05, 4.69) is 9.97 Å². The summed E-state index contributed by atoms with van der Waals surface area (Å²) >= 11 is 0. The van der Waals surface area contributed by atoms with E-state index >= 15 is 0 Å². The molecule has 0 spiro atoms. The second-order valence-electron chi connectivity index (χ2n) is 3.92. The summed E-state index contributed by atoms with van der Waals surface area (Å²) in [7, 11) is 1.63. The highest BCUT2D eigenvalue weighted by Crippen LogP contribution is 2.33. The van der Waals surface area contributed by atoms with Gasteiger partial charge in [0.2, 0.25) is 0 Å². The first-order chi connectivity index (χ1) is 8.22. The van der Waals surface area contributed by atoms with Gasteiger partial charge in [0.15, 0.2) is 5.82 Å². The van der Waals surface area contributed by atoms with E-state index in [-0.39, 0.29) is 11.4 Å². The summed E-state index contributed by atoms with van der Waals surface area (Å²) < 4.78 is 10.9. The summed E-state index contributed by atoms with van der Waals surface area (Å²) in [5.74, 6) is 0.722. The highest BCUT2D eigenvalue weighted by atomic mass is 16.5. The molecule has 0 radical (unpaired) electrons. The molecule has 90 valence electrons. The Hall–Kier alpha value is -1.71. The van der Waals surface area contributed by atoms with Crippen LogP contribution in [0.5, 0.6) is 0 Å².